The van der Waals surface area contributed by atoms with Crippen molar-refractivity contribution in [2.75, 3.05) is 6.54 Å². The lowest BCUT2D eigenvalue weighted by molar-refractivity contribution is -0.116. The third-order valence-corrected chi connectivity index (χ3v) is 3.71. The van der Waals surface area contributed by atoms with Crippen molar-refractivity contribution in [1.82, 2.24) is 9.88 Å². The van der Waals surface area contributed by atoms with Crippen LogP contribution in [-0.2, 0) is 11.8 Å². The summed E-state index contributed by atoms with van der Waals surface area (Å²) >= 11 is 0. The second-order valence-corrected chi connectivity index (χ2v) is 5.35. The normalized spacial score (nSPS) is 12.8. The molecule has 0 bridgehead atoms. The molecule has 0 aliphatic rings. The number of carbonyl (C=O) groups excluding carboxylic acids is 1. The van der Waals surface area contributed by atoms with E-state index in [1.165, 1.54) is 6.08 Å². The molecule has 0 saturated carbocycles. The molecule has 118 valence electrons. The quantitative estimate of drug-likeness (QED) is 0.712. The van der Waals surface area contributed by atoms with Crippen LogP contribution < -0.4 is 5.32 Å². The molecule has 0 radical (unpaired) electrons. The topological polar surface area (TPSA) is 67.4 Å². The van der Waals surface area contributed by atoms with Gasteiger partial charge in [0.05, 0.1) is 12.4 Å². The predicted molar refractivity (Wildman–Crippen MR) is 88.6 cm³/mol. The highest BCUT2D eigenvalue weighted by atomic mass is 16.3. The lowest BCUT2D eigenvalue weighted by atomic mass is 10.1. The van der Waals surface area contributed by atoms with Gasteiger partial charge in [0.1, 0.15) is 5.76 Å². The zero-order valence-electron chi connectivity index (χ0n) is 12.8. The van der Waals surface area contributed by atoms with E-state index in [1.54, 1.807) is 24.5 Å². The first kappa shape index (κ1) is 15.1. The standard InChI is InChI=1S/C18H18N2O3/c1-20-9-8-13-11-14(4-6-16(13)20)17(21)12-19-18(22)7-5-15-3-2-10-23-15/h2-11,17,21H,12H2,1H3,(H,19,22)/b7-5+. The van der Waals surface area contributed by atoms with Crippen LogP contribution in [0.25, 0.3) is 17.0 Å². The molecule has 3 aromatic rings. The first-order valence-corrected chi connectivity index (χ1v) is 7.36. The zero-order chi connectivity index (χ0) is 16.2. The third-order valence-electron chi connectivity index (χ3n) is 3.71. The fourth-order valence-corrected chi connectivity index (χ4v) is 2.43. The Hall–Kier alpha value is -2.79. The maximum atomic E-state index is 11.7. The molecule has 0 fully saturated rings. The molecular formula is C18H18N2O3. The van der Waals surface area contributed by atoms with E-state index in [0.29, 0.717) is 5.76 Å². The van der Waals surface area contributed by atoms with E-state index in [9.17, 15) is 9.90 Å². The number of nitrogens with zero attached hydrogens (tertiary/aromatic N) is 1. The molecule has 5 heteroatoms. The monoisotopic (exact) mass is 310 g/mol. The molecule has 2 N–H and O–H groups in total. The molecule has 0 spiro atoms. The SMILES string of the molecule is Cn1ccc2cc(C(O)CNC(=O)/C=C/c3ccco3)ccc21. The lowest BCUT2D eigenvalue weighted by Crippen LogP contribution is -2.26. The number of carbonyl (C=O) groups is 1. The first-order chi connectivity index (χ1) is 11.1. The minimum Gasteiger partial charge on any atom is -0.465 e. The van der Waals surface area contributed by atoms with E-state index in [-0.39, 0.29) is 12.5 Å². The highest BCUT2D eigenvalue weighted by molar-refractivity contribution is 5.91. The van der Waals surface area contributed by atoms with Gasteiger partial charge >= 0.3 is 0 Å². The van der Waals surface area contributed by atoms with Crippen molar-refractivity contribution in [3.05, 3.63) is 66.3 Å². The molecule has 0 saturated heterocycles. The molecule has 2 heterocycles. The number of nitrogens with one attached hydrogen (secondary N) is 1. The van der Waals surface area contributed by atoms with Crippen molar-refractivity contribution < 1.29 is 14.3 Å². The molecular weight excluding hydrogens is 292 g/mol. The van der Waals surface area contributed by atoms with E-state index in [1.807, 2.05) is 42.1 Å². The summed E-state index contributed by atoms with van der Waals surface area (Å²) in [6.07, 6.45) is 5.73. The van der Waals surface area contributed by atoms with Crippen molar-refractivity contribution in [3.63, 3.8) is 0 Å². The Kier molecular flexibility index (Phi) is 4.30. The van der Waals surface area contributed by atoms with Gasteiger partial charge in [-0.25, -0.2) is 0 Å². The molecule has 1 aromatic carbocycles. The minimum atomic E-state index is -0.749. The molecule has 1 amide bonds. The number of aliphatic hydroxyl groups is 1. The average molecular weight is 310 g/mol. The van der Waals surface area contributed by atoms with E-state index in [0.717, 1.165) is 16.5 Å². The van der Waals surface area contributed by atoms with Gasteiger partial charge in [0, 0.05) is 31.4 Å². The fraction of sp³-hybridized carbons (Fsp3) is 0.167. The second-order valence-electron chi connectivity index (χ2n) is 5.35. The zero-order valence-corrected chi connectivity index (χ0v) is 12.8. The summed E-state index contributed by atoms with van der Waals surface area (Å²) in [6, 6.07) is 11.3. The molecule has 1 atom stereocenters. The Morgan fingerprint density at radius 2 is 2.26 bits per heavy atom. The molecule has 1 unspecified atom stereocenters. The number of furan rings is 1. The van der Waals surface area contributed by atoms with Gasteiger partial charge in [-0.1, -0.05) is 6.07 Å². The van der Waals surface area contributed by atoms with Gasteiger partial charge in [-0.15, -0.1) is 0 Å². The lowest BCUT2D eigenvalue weighted by Gasteiger charge is -2.11. The van der Waals surface area contributed by atoms with Crippen molar-refractivity contribution in [3.8, 4) is 0 Å². The number of aryl methyl sites for hydroxylation is 1. The van der Waals surface area contributed by atoms with Gasteiger partial charge in [-0.05, 0) is 47.4 Å². The van der Waals surface area contributed by atoms with Crippen molar-refractivity contribution in [2.24, 2.45) is 7.05 Å². The van der Waals surface area contributed by atoms with Crippen LogP contribution in [0.3, 0.4) is 0 Å². The number of rotatable bonds is 5. The number of hydrogen-bond donors (Lipinski definition) is 2. The highest BCUT2D eigenvalue weighted by Crippen LogP contribution is 2.20. The second kappa shape index (κ2) is 6.54. The van der Waals surface area contributed by atoms with Crippen molar-refractivity contribution in [1.29, 1.82) is 0 Å². The Morgan fingerprint density at radius 1 is 1.39 bits per heavy atom. The predicted octanol–water partition coefficient (Wildman–Crippen LogP) is 2.63. The summed E-state index contributed by atoms with van der Waals surface area (Å²) in [5.41, 5.74) is 1.88. The molecule has 0 aliphatic heterocycles. The maximum absolute atomic E-state index is 11.7. The van der Waals surface area contributed by atoms with E-state index >= 15 is 0 Å². The van der Waals surface area contributed by atoms with Crippen LogP contribution in [0.15, 0.2) is 59.4 Å². The van der Waals surface area contributed by atoms with Crippen LogP contribution in [0.2, 0.25) is 0 Å². The summed E-state index contributed by atoms with van der Waals surface area (Å²) in [5.74, 6) is 0.330. The molecule has 2 aromatic heterocycles. The summed E-state index contributed by atoms with van der Waals surface area (Å²) in [5, 5.41) is 14.0. The number of fused-ring (bicyclic) bond motifs is 1. The van der Waals surface area contributed by atoms with Crippen molar-refractivity contribution >= 4 is 22.9 Å². The maximum Gasteiger partial charge on any atom is 0.244 e. The van der Waals surface area contributed by atoms with Gasteiger partial charge in [-0.2, -0.15) is 0 Å². The highest BCUT2D eigenvalue weighted by Gasteiger charge is 2.10. The number of aromatic nitrogens is 1. The van der Waals surface area contributed by atoms with Gasteiger partial charge < -0.3 is 19.4 Å². The van der Waals surface area contributed by atoms with Crippen LogP contribution in [0, 0.1) is 0 Å². The van der Waals surface area contributed by atoms with Crippen LogP contribution in [0.4, 0.5) is 0 Å². The van der Waals surface area contributed by atoms with Crippen molar-refractivity contribution in [2.45, 2.75) is 6.10 Å². The van der Waals surface area contributed by atoms with Crippen LogP contribution >= 0.6 is 0 Å². The summed E-state index contributed by atoms with van der Waals surface area (Å²) < 4.78 is 7.12. The van der Waals surface area contributed by atoms with Crippen LogP contribution in [-0.4, -0.2) is 22.1 Å². The molecule has 5 nitrogen and oxygen atoms in total. The largest absolute Gasteiger partial charge is 0.465 e. The van der Waals surface area contributed by atoms with E-state index < -0.39 is 6.10 Å². The first-order valence-electron chi connectivity index (χ1n) is 7.36. The Morgan fingerprint density at radius 3 is 3.04 bits per heavy atom. The molecule has 23 heavy (non-hydrogen) atoms. The molecule has 3 rings (SSSR count). The van der Waals surface area contributed by atoms with E-state index in [4.69, 9.17) is 4.42 Å². The minimum absolute atomic E-state index is 0.152. The summed E-state index contributed by atoms with van der Waals surface area (Å²) in [4.78, 5) is 11.7. The Bertz CT molecular complexity index is 831. The van der Waals surface area contributed by atoms with Gasteiger partial charge in [0.25, 0.3) is 0 Å². The van der Waals surface area contributed by atoms with Gasteiger partial charge in [0.2, 0.25) is 5.91 Å². The Labute approximate surface area is 133 Å². The number of benzene rings is 1. The third kappa shape index (κ3) is 3.52. The summed E-state index contributed by atoms with van der Waals surface area (Å²) in [7, 11) is 1.98. The Balaban J connectivity index is 1.59. The van der Waals surface area contributed by atoms with Crippen LogP contribution in [0.5, 0.6) is 0 Å². The summed E-state index contributed by atoms with van der Waals surface area (Å²) in [6.45, 7) is 0.152. The molecule has 0 aliphatic carbocycles. The van der Waals surface area contributed by atoms with Gasteiger partial charge in [0.15, 0.2) is 0 Å². The van der Waals surface area contributed by atoms with Crippen LogP contribution in [0.1, 0.15) is 17.4 Å². The van der Waals surface area contributed by atoms with E-state index in [2.05, 4.69) is 5.32 Å². The number of amides is 1. The number of aliphatic hydroxyl groups excluding tert-OH is 1. The fourth-order valence-electron chi connectivity index (χ4n) is 2.43. The number of hydrogen-bond acceptors (Lipinski definition) is 3. The van der Waals surface area contributed by atoms with Gasteiger partial charge in [-0.3, -0.25) is 4.79 Å². The smallest absolute Gasteiger partial charge is 0.244 e. The average Bonchev–Trinajstić information content (AvgIpc) is 3.20.